The van der Waals surface area contributed by atoms with Gasteiger partial charge in [0.15, 0.2) is 0 Å². The van der Waals surface area contributed by atoms with E-state index in [0.717, 1.165) is 36.2 Å². The highest BCUT2D eigenvalue weighted by molar-refractivity contribution is 5.66. The normalized spacial score (nSPS) is 10.9. The molecule has 0 amide bonds. The van der Waals surface area contributed by atoms with Crippen LogP contribution in [-0.4, -0.2) is 23.1 Å². The molecule has 0 atom stereocenters. The molecule has 2 rings (SSSR count). The van der Waals surface area contributed by atoms with Crippen molar-refractivity contribution >= 4 is 17.5 Å². The third-order valence-electron chi connectivity index (χ3n) is 4.07. The quantitative estimate of drug-likeness (QED) is 0.831. The van der Waals surface area contributed by atoms with E-state index in [0.29, 0.717) is 5.92 Å². The SMILES string of the molecule is CCN(CC)c1nc(C)cc(Nc2c(C)cccc2C(C)C)n1. The monoisotopic (exact) mass is 312 g/mol. The number of hydrogen-bond donors (Lipinski definition) is 1. The molecule has 1 aromatic heterocycles. The number of rotatable bonds is 6. The van der Waals surface area contributed by atoms with Crippen LogP contribution in [0.25, 0.3) is 0 Å². The number of para-hydroxylation sites is 1. The summed E-state index contributed by atoms with van der Waals surface area (Å²) in [6.07, 6.45) is 0. The molecule has 0 spiro atoms. The van der Waals surface area contributed by atoms with Crippen molar-refractivity contribution in [2.45, 2.75) is 47.5 Å². The van der Waals surface area contributed by atoms with Crippen LogP contribution in [0.3, 0.4) is 0 Å². The van der Waals surface area contributed by atoms with E-state index in [2.05, 4.69) is 68.0 Å². The fourth-order valence-electron chi connectivity index (χ4n) is 2.74. The minimum absolute atomic E-state index is 0.461. The molecular weight excluding hydrogens is 284 g/mol. The van der Waals surface area contributed by atoms with E-state index < -0.39 is 0 Å². The molecule has 0 saturated carbocycles. The third kappa shape index (κ3) is 4.01. The van der Waals surface area contributed by atoms with Crippen molar-refractivity contribution in [3.8, 4) is 0 Å². The van der Waals surface area contributed by atoms with Gasteiger partial charge in [-0.3, -0.25) is 0 Å². The Morgan fingerprint density at radius 3 is 2.39 bits per heavy atom. The Morgan fingerprint density at radius 2 is 1.78 bits per heavy atom. The van der Waals surface area contributed by atoms with Gasteiger partial charge in [-0.1, -0.05) is 32.0 Å². The summed E-state index contributed by atoms with van der Waals surface area (Å²) in [4.78, 5) is 11.5. The molecule has 1 aromatic carbocycles. The molecule has 0 fully saturated rings. The molecule has 4 heteroatoms. The van der Waals surface area contributed by atoms with Gasteiger partial charge >= 0.3 is 0 Å². The first kappa shape index (κ1) is 17.3. The van der Waals surface area contributed by atoms with Gasteiger partial charge in [0.05, 0.1) is 0 Å². The van der Waals surface area contributed by atoms with Crippen LogP contribution in [0.5, 0.6) is 0 Å². The predicted octanol–water partition coefficient (Wildman–Crippen LogP) is 4.81. The van der Waals surface area contributed by atoms with Crippen LogP contribution in [0.1, 0.15) is 50.4 Å². The lowest BCUT2D eigenvalue weighted by molar-refractivity contribution is 0.817. The van der Waals surface area contributed by atoms with Crippen molar-refractivity contribution in [3.63, 3.8) is 0 Å². The van der Waals surface area contributed by atoms with E-state index in [1.165, 1.54) is 11.1 Å². The molecule has 0 saturated heterocycles. The minimum atomic E-state index is 0.461. The summed E-state index contributed by atoms with van der Waals surface area (Å²) in [7, 11) is 0. The summed E-state index contributed by atoms with van der Waals surface area (Å²) in [5.41, 5.74) is 4.68. The fraction of sp³-hybridized carbons (Fsp3) is 0.474. The van der Waals surface area contributed by atoms with E-state index in [1.807, 2.05) is 13.0 Å². The topological polar surface area (TPSA) is 41.1 Å². The molecule has 1 N–H and O–H groups in total. The van der Waals surface area contributed by atoms with E-state index >= 15 is 0 Å². The van der Waals surface area contributed by atoms with Gasteiger partial charge in [0.1, 0.15) is 5.82 Å². The zero-order valence-corrected chi connectivity index (χ0v) is 15.1. The Morgan fingerprint density at radius 1 is 1.09 bits per heavy atom. The second kappa shape index (κ2) is 7.44. The smallest absolute Gasteiger partial charge is 0.227 e. The van der Waals surface area contributed by atoms with Crippen molar-refractivity contribution in [2.75, 3.05) is 23.3 Å². The average molecular weight is 312 g/mol. The molecule has 2 aromatic rings. The molecule has 1 heterocycles. The predicted molar refractivity (Wildman–Crippen MR) is 98.9 cm³/mol. The molecule has 0 aliphatic carbocycles. The lowest BCUT2D eigenvalue weighted by Gasteiger charge is -2.21. The lowest BCUT2D eigenvalue weighted by Crippen LogP contribution is -2.24. The Kier molecular flexibility index (Phi) is 5.59. The van der Waals surface area contributed by atoms with Gasteiger partial charge in [-0.15, -0.1) is 0 Å². The van der Waals surface area contributed by atoms with Crippen LogP contribution in [0.2, 0.25) is 0 Å². The van der Waals surface area contributed by atoms with E-state index in [4.69, 9.17) is 4.98 Å². The Labute approximate surface area is 140 Å². The zero-order chi connectivity index (χ0) is 17.0. The molecule has 124 valence electrons. The van der Waals surface area contributed by atoms with Crippen LogP contribution in [-0.2, 0) is 0 Å². The first-order valence-corrected chi connectivity index (χ1v) is 8.43. The maximum absolute atomic E-state index is 4.72. The number of anilines is 3. The highest BCUT2D eigenvalue weighted by atomic mass is 15.3. The van der Waals surface area contributed by atoms with E-state index in [-0.39, 0.29) is 0 Å². The Hall–Kier alpha value is -2.10. The second-order valence-electron chi connectivity index (χ2n) is 6.19. The third-order valence-corrected chi connectivity index (χ3v) is 4.07. The van der Waals surface area contributed by atoms with Gasteiger partial charge in [0, 0.05) is 30.5 Å². The van der Waals surface area contributed by atoms with Gasteiger partial charge in [0.25, 0.3) is 0 Å². The standard InChI is InChI=1S/C19H28N4/c1-7-23(8-2)19-20-15(6)12-17(22-19)21-18-14(5)10-9-11-16(18)13(3)4/h9-13H,7-8H2,1-6H3,(H,20,21,22). The van der Waals surface area contributed by atoms with Crippen LogP contribution in [0, 0.1) is 13.8 Å². The number of benzene rings is 1. The molecule has 23 heavy (non-hydrogen) atoms. The maximum Gasteiger partial charge on any atom is 0.227 e. The van der Waals surface area contributed by atoms with Crippen molar-refractivity contribution < 1.29 is 0 Å². The Balaban J connectivity index is 2.41. The van der Waals surface area contributed by atoms with Gasteiger partial charge in [-0.2, -0.15) is 4.98 Å². The van der Waals surface area contributed by atoms with Crippen molar-refractivity contribution in [1.29, 1.82) is 0 Å². The summed E-state index contributed by atoms with van der Waals surface area (Å²) in [5, 5.41) is 3.53. The second-order valence-corrected chi connectivity index (χ2v) is 6.19. The number of hydrogen-bond acceptors (Lipinski definition) is 4. The molecule has 0 aliphatic heterocycles. The summed E-state index contributed by atoms with van der Waals surface area (Å²) in [5.74, 6) is 2.11. The molecular formula is C19H28N4. The van der Waals surface area contributed by atoms with Gasteiger partial charge < -0.3 is 10.2 Å². The number of aryl methyl sites for hydroxylation is 2. The summed E-state index contributed by atoms with van der Waals surface area (Å²) in [6.45, 7) is 14.6. The van der Waals surface area contributed by atoms with Crippen LogP contribution in [0.4, 0.5) is 17.5 Å². The number of aromatic nitrogens is 2. The fourth-order valence-corrected chi connectivity index (χ4v) is 2.74. The summed E-state index contributed by atoms with van der Waals surface area (Å²) in [6, 6.07) is 8.43. The lowest BCUT2D eigenvalue weighted by atomic mass is 9.98. The average Bonchev–Trinajstić information content (AvgIpc) is 2.50. The van der Waals surface area contributed by atoms with E-state index in [1.54, 1.807) is 0 Å². The van der Waals surface area contributed by atoms with Crippen molar-refractivity contribution in [2.24, 2.45) is 0 Å². The van der Waals surface area contributed by atoms with Crippen molar-refractivity contribution in [1.82, 2.24) is 9.97 Å². The summed E-state index contributed by atoms with van der Waals surface area (Å²) >= 11 is 0. The zero-order valence-electron chi connectivity index (χ0n) is 15.1. The first-order chi connectivity index (χ1) is 11.0. The van der Waals surface area contributed by atoms with Gasteiger partial charge in [-0.25, -0.2) is 4.98 Å². The summed E-state index contributed by atoms with van der Waals surface area (Å²) < 4.78 is 0. The van der Waals surface area contributed by atoms with Gasteiger partial charge in [-0.05, 0) is 44.7 Å². The molecule has 4 nitrogen and oxygen atoms in total. The van der Waals surface area contributed by atoms with E-state index in [9.17, 15) is 0 Å². The molecule has 0 bridgehead atoms. The maximum atomic E-state index is 4.72. The van der Waals surface area contributed by atoms with Gasteiger partial charge in [0.2, 0.25) is 5.95 Å². The highest BCUT2D eigenvalue weighted by Gasteiger charge is 2.12. The van der Waals surface area contributed by atoms with Crippen LogP contribution in [0.15, 0.2) is 24.3 Å². The van der Waals surface area contributed by atoms with Crippen molar-refractivity contribution in [3.05, 3.63) is 41.1 Å². The molecule has 0 unspecified atom stereocenters. The first-order valence-electron chi connectivity index (χ1n) is 8.43. The molecule has 0 aliphatic rings. The molecule has 0 radical (unpaired) electrons. The van der Waals surface area contributed by atoms with Crippen LogP contribution >= 0.6 is 0 Å². The minimum Gasteiger partial charge on any atom is -0.341 e. The highest BCUT2D eigenvalue weighted by Crippen LogP contribution is 2.30. The van der Waals surface area contributed by atoms with Crippen LogP contribution < -0.4 is 10.2 Å². The largest absolute Gasteiger partial charge is 0.341 e. The Bertz CT molecular complexity index is 660. The number of nitrogens with one attached hydrogen (secondary N) is 1. The number of nitrogens with zero attached hydrogens (tertiary/aromatic N) is 3.